The van der Waals surface area contributed by atoms with E-state index in [2.05, 4.69) is 15.2 Å². The molecule has 0 fully saturated rings. The maximum Gasteiger partial charge on any atom is 0.155 e. The summed E-state index contributed by atoms with van der Waals surface area (Å²) in [4.78, 5) is 4.34. The van der Waals surface area contributed by atoms with Crippen LogP contribution in [0.4, 0.5) is 0 Å². The fourth-order valence-electron chi connectivity index (χ4n) is 2.31. The molecule has 2 aromatic heterocycles. The van der Waals surface area contributed by atoms with E-state index in [1.165, 1.54) is 16.3 Å². The summed E-state index contributed by atoms with van der Waals surface area (Å²) in [5.74, 6) is 0.288. The van der Waals surface area contributed by atoms with Gasteiger partial charge in [0.1, 0.15) is 17.3 Å². The molecule has 3 rings (SSSR count). The number of aryl methyl sites for hydroxylation is 3. The van der Waals surface area contributed by atoms with E-state index in [0.29, 0.717) is 10.6 Å². The molecule has 0 amide bonds. The summed E-state index contributed by atoms with van der Waals surface area (Å²) in [7, 11) is 0. The summed E-state index contributed by atoms with van der Waals surface area (Å²) in [6.07, 6.45) is 3.59. The molecule has 2 aromatic rings. The van der Waals surface area contributed by atoms with E-state index in [1.807, 2.05) is 37.0 Å². The minimum absolute atomic E-state index is 0.127. The predicted octanol–water partition coefficient (Wildman–Crippen LogP) is 2.57. The van der Waals surface area contributed by atoms with E-state index < -0.39 is 0 Å². The summed E-state index contributed by atoms with van der Waals surface area (Å²) in [5.41, 5.74) is 3.12. The van der Waals surface area contributed by atoms with Crippen molar-refractivity contribution >= 4 is 29.0 Å². The molecule has 23 heavy (non-hydrogen) atoms. The van der Waals surface area contributed by atoms with Crippen molar-refractivity contribution in [2.45, 2.75) is 27.3 Å². The number of hydrazone groups is 1. The molecule has 1 aliphatic heterocycles. The molecule has 0 saturated heterocycles. The Kier molecular flexibility index (Phi) is 3.99. The number of hydrogen-bond donors (Lipinski definition) is 2. The van der Waals surface area contributed by atoms with Gasteiger partial charge in [-0.2, -0.15) is 10.2 Å². The molecule has 3 heterocycles. The van der Waals surface area contributed by atoms with Gasteiger partial charge in [0.2, 0.25) is 0 Å². The summed E-state index contributed by atoms with van der Waals surface area (Å²) in [5, 5.41) is 31.1. The summed E-state index contributed by atoms with van der Waals surface area (Å²) in [6.45, 7) is 6.81. The van der Waals surface area contributed by atoms with Gasteiger partial charge in [-0.25, -0.2) is 9.99 Å². The van der Waals surface area contributed by atoms with Crippen LogP contribution in [0.3, 0.4) is 0 Å². The van der Waals surface area contributed by atoms with E-state index in [9.17, 15) is 5.11 Å². The van der Waals surface area contributed by atoms with E-state index in [1.54, 1.807) is 6.21 Å². The van der Waals surface area contributed by atoms with Crippen LogP contribution in [-0.2, 0) is 6.54 Å². The Morgan fingerprint density at radius 3 is 2.87 bits per heavy atom. The zero-order valence-corrected chi connectivity index (χ0v) is 14.1. The zero-order valence-electron chi connectivity index (χ0n) is 13.2. The zero-order chi connectivity index (χ0) is 16.6. The van der Waals surface area contributed by atoms with Crippen LogP contribution in [0.25, 0.3) is 5.57 Å². The highest BCUT2D eigenvalue weighted by Crippen LogP contribution is 2.29. The molecule has 7 nitrogen and oxygen atoms in total. The second kappa shape index (κ2) is 5.96. The number of rotatable bonds is 4. The average molecular weight is 330 g/mol. The van der Waals surface area contributed by atoms with E-state index in [-0.39, 0.29) is 18.1 Å². The molecule has 0 aliphatic carbocycles. The molecule has 0 saturated carbocycles. The van der Waals surface area contributed by atoms with Crippen molar-refractivity contribution in [2.24, 2.45) is 5.10 Å². The molecule has 0 radical (unpaired) electrons. The van der Waals surface area contributed by atoms with Gasteiger partial charge in [-0.1, -0.05) is 0 Å². The van der Waals surface area contributed by atoms with Gasteiger partial charge < -0.3 is 5.11 Å². The normalized spacial score (nSPS) is 15.4. The minimum atomic E-state index is 0.127. The third-order valence-corrected chi connectivity index (χ3v) is 4.54. The van der Waals surface area contributed by atoms with Crippen LogP contribution in [0, 0.1) is 19.3 Å². The van der Waals surface area contributed by atoms with Crippen molar-refractivity contribution in [1.29, 1.82) is 5.41 Å². The maximum atomic E-state index is 10.2. The van der Waals surface area contributed by atoms with Crippen LogP contribution in [-0.4, -0.2) is 43.5 Å². The fourth-order valence-corrected chi connectivity index (χ4v) is 3.18. The lowest BCUT2D eigenvalue weighted by Gasteiger charge is -2.10. The third-order valence-electron chi connectivity index (χ3n) is 3.56. The lowest BCUT2D eigenvalue weighted by atomic mass is 10.2. The molecule has 1 aliphatic rings. The van der Waals surface area contributed by atoms with E-state index in [4.69, 9.17) is 5.41 Å². The third kappa shape index (κ3) is 2.89. The molecule has 0 aromatic carbocycles. The molecule has 0 atom stereocenters. The Morgan fingerprint density at radius 2 is 2.26 bits per heavy atom. The molecule has 2 N–H and O–H groups in total. The molecular formula is C15H18N6OS. The Hall–Kier alpha value is -2.48. The second-order valence-electron chi connectivity index (χ2n) is 5.29. The number of nitrogens with one attached hydrogen (secondary N) is 1. The molecule has 120 valence electrons. The number of aliphatic hydroxyl groups excluding tert-OH is 1. The summed E-state index contributed by atoms with van der Waals surface area (Å²) < 4.78 is 1.84. The van der Waals surface area contributed by atoms with Gasteiger partial charge in [-0.05, 0) is 20.8 Å². The first-order valence-electron chi connectivity index (χ1n) is 7.28. The van der Waals surface area contributed by atoms with E-state index in [0.717, 1.165) is 23.5 Å². The number of aromatic nitrogens is 3. The highest BCUT2D eigenvalue weighted by atomic mass is 32.1. The Bertz CT molecular complexity index is 816. The van der Waals surface area contributed by atoms with Crippen LogP contribution in [0.5, 0.6) is 0 Å². The van der Waals surface area contributed by atoms with Gasteiger partial charge in [-0.3, -0.25) is 10.1 Å². The standard InChI is InChI=1S/C15H18N6OS/c1-4-20-6-11(10(3)19-20)5-17-21-7-12(22)13(14(21)16)15-18-9(2)8-23-15/h5-6,8,16,22H,4,7H2,1-3H3/b16-14?,17-5+. The van der Waals surface area contributed by atoms with Crippen LogP contribution in [0.2, 0.25) is 0 Å². The molecule has 0 bridgehead atoms. The predicted molar refractivity (Wildman–Crippen MR) is 91.1 cm³/mol. The van der Waals surface area contributed by atoms with Gasteiger partial charge in [-0.15, -0.1) is 11.3 Å². The number of amidine groups is 1. The van der Waals surface area contributed by atoms with Gasteiger partial charge >= 0.3 is 0 Å². The fraction of sp³-hybridized carbons (Fsp3) is 0.333. The smallest absolute Gasteiger partial charge is 0.155 e. The minimum Gasteiger partial charge on any atom is -0.509 e. The topological polar surface area (TPSA) is 90.4 Å². The SMILES string of the molecule is CCn1cc(/C=N/N2CC(O)=C(c3nc(C)cs3)C2=N)c(C)n1. The van der Waals surface area contributed by atoms with E-state index >= 15 is 0 Å². The van der Waals surface area contributed by atoms with Crippen molar-refractivity contribution in [3.63, 3.8) is 0 Å². The van der Waals surface area contributed by atoms with Gasteiger partial charge in [0, 0.05) is 29.4 Å². The quantitative estimate of drug-likeness (QED) is 0.843. The molecule has 0 spiro atoms. The maximum absolute atomic E-state index is 10.2. The lowest BCUT2D eigenvalue weighted by Crippen LogP contribution is -2.20. The van der Waals surface area contributed by atoms with Gasteiger partial charge in [0.25, 0.3) is 0 Å². The highest BCUT2D eigenvalue weighted by molar-refractivity contribution is 7.11. The number of hydrogen-bond acceptors (Lipinski definition) is 6. The first-order valence-corrected chi connectivity index (χ1v) is 8.16. The average Bonchev–Trinajstić information content (AvgIpc) is 3.16. The Morgan fingerprint density at radius 1 is 1.48 bits per heavy atom. The van der Waals surface area contributed by atoms with Gasteiger partial charge in [0.05, 0.1) is 17.5 Å². The Balaban J connectivity index is 1.80. The monoisotopic (exact) mass is 330 g/mol. The van der Waals surface area contributed by atoms with Crippen molar-refractivity contribution in [2.75, 3.05) is 6.54 Å². The first kappa shape index (κ1) is 15.4. The number of nitrogens with zero attached hydrogens (tertiary/aromatic N) is 5. The summed E-state index contributed by atoms with van der Waals surface area (Å²) in [6, 6.07) is 0. The van der Waals surface area contributed by atoms with Crippen LogP contribution >= 0.6 is 11.3 Å². The number of aliphatic hydroxyl groups is 1. The van der Waals surface area contributed by atoms with Crippen molar-refractivity contribution < 1.29 is 5.11 Å². The Labute approximate surface area is 138 Å². The molecule has 0 unspecified atom stereocenters. The molecule has 8 heteroatoms. The van der Waals surface area contributed by atoms with Crippen molar-refractivity contribution in [3.8, 4) is 0 Å². The molecular weight excluding hydrogens is 312 g/mol. The van der Waals surface area contributed by atoms with Crippen LogP contribution < -0.4 is 0 Å². The summed E-state index contributed by atoms with van der Waals surface area (Å²) >= 11 is 1.42. The lowest BCUT2D eigenvalue weighted by molar-refractivity contribution is 0.358. The highest BCUT2D eigenvalue weighted by Gasteiger charge is 2.30. The van der Waals surface area contributed by atoms with Gasteiger partial charge in [0.15, 0.2) is 5.84 Å². The van der Waals surface area contributed by atoms with Crippen LogP contribution in [0.15, 0.2) is 22.4 Å². The van der Waals surface area contributed by atoms with Crippen LogP contribution in [0.1, 0.15) is 28.9 Å². The van der Waals surface area contributed by atoms with Crippen molar-refractivity contribution in [1.82, 2.24) is 19.8 Å². The van der Waals surface area contributed by atoms with Crippen molar-refractivity contribution in [3.05, 3.63) is 39.3 Å². The largest absolute Gasteiger partial charge is 0.509 e. The number of thiazole rings is 1. The second-order valence-corrected chi connectivity index (χ2v) is 6.15. The first-order chi connectivity index (χ1) is 11.0.